The number of benzene rings is 1. The first-order valence-electron chi connectivity index (χ1n) is 5.89. The van der Waals surface area contributed by atoms with Crippen molar-refractivity contribution in [2.75, 3.05) is 13.7 Å². The van der Waals surface area contributed by atoms with E-state index in [1.807, 2.05) is 24.3 Å². The monoisotopic (exact) mass is 263 g/mol. The lowest BCUT2D eigenvalue weighted by atomic mass is 10.2. The van der Waals surface area contributed by atoms with Gasteiger partial charge < -0.3 is 14.6 Å². The fourth-order valence-corrected chi connectivity index (χ4v) is 2.47. The van der Waals surface area contributed by atoms with Crippen LogP contribution in [0.15, 0.2) is 24.3 Å². The molecule has 1 aliphatic rings. The van der Waals surface area contributed by atoms with Crippen LogP contribution in [0.4, 0.5) is 0 Å². The van der Waals surface area contributed by atoms with Gasteiger partial charge in [0.1, 0.15) is 11.6 Å². The predicted molar refractivity (Wildman–Crippen MR) is 70.9 cm³/mol. The summed E-state index contributed by atoms with van der Waals surface area (Å²) in [6, 6.07) is 7.89. The second kappa shape index (κ2) is 4.63. The minimum absolute atomic E-state index is 0.591. The number of hydrogen-bond donors (Lipinski definition) is 1. The molecule has 0 amide bonds. The van der Waals surface area contributed by atoms with Gasteiger partial charge in [0.15, 0.2) is 5.15 Å². The van der Waals surface area contributed by atoms with Crippen LogP contribution in [-0.4, -0.2) is 23.2 Å². The molecule has 0 unspecified atom stereocenters. The van der Waals surface area contributed by atoms with E-state index in [0.29, 0.717) is 5.15 Å². The molecule has 1 N–H and O–H groups in total. The predicted octanol–water partition coefficient (Wildman–Crippen LogP) is 2.32. The van der Waals surface area contributed by atoms with E-state index in [2.05, 4.69) is 14.9 Å². The first-order chi connectivity index (χ1) is 8.79. The molecule has 0 spiro atoms. The number of ether oxygens (including phenoxy) is 1. The van der Waals surface area contributed by atoms with E-state index in [1.165, 1.54) is 0 Å². The molecule has 18 heavy (non-hydrogen) atoms. The minimum Gasteiger partial charge on any atom is -0.497 e. The van der Waals surface area contributed by atoms with Crippen LogP contribution in [0.3, 0.4) is 0 Å². The molecule has 1 aromatic carbocycles. The summed E-state index contributed by atoms with van der Waals surface area (Å²) in [5, 5.41) is 3.89. The lowest BCUT2D eigenvalue weighted by molar-refractivity contribution is 0.415. The molecule has 4 nitrogen and oxygen atoms in total. The van der Waals surface area contributed by atoms with Crippen molar-refractivity contribution in [3.05, 3.63) is 35.1 Å². The number of fused-ring (bicyclic) bond motifs is 1. The smallest absolute Gasteiger partial charge is 0.152 e. The summed E-state index contributed by atoms with van der Waals surface area (Å²) in [5.74, 6) is 1.77. The number of nitrogens with one attached hydrogen (secondary N) is 1. The van der Waals surface area contributed by atoms with Gasteiger partial charge in [0.2, 0.25) is 0 Å². The van der Waals surface area contributed by atoms with Gasteiger partial charge in [0.05, 0.1) is 12.8 Å². The molecule has 0 bridgehead atoms. The maximum atomic E-state index is 6.17. The third-order valence-electron chi connectivity index (χ3n) is 3.18. The third kappa shape index (κ3) is 1.87. The molecule has 3 rings (SSSR count). The molecular formula is C13H14ClN3O. The average Bonchev–Trinajstić information content (AvgIpc) is 2.77. The molecule has 1 aliphatic heterocycles. The summed E-state index contributed by atoms with van der Waals surface area (Å²) in [7, 11) is 1.66. The quantitative estimate of drug-likeness (QED) is 0.904. The molecular weight excluding hydrogens is 250 g/mol. The normalized spacial score (nSPS) is 14.3. The lowest BCUT2D eigenvalue weighted by Gasteiger charge is -2.18. The summed E-state index contributed by atoms with van der Waals surface area (Å²) < 4.78 is 7.34. The molecule has 0 saturated carbocycles. The molecule has 2 heterocycles. The highest BCUT2D eigenvalue weighted by molar-refractivity contribution is 6.30. The lowest BCUT2D eigenvalue weighted by Crippen LogP contribution is -2.28. The van der Waals surface area contributed by atoms with E-state index in [9.17, 15) is 0 Å². The zero-order chi connectivity index (χ0) is 12.5. The molecule has 0 radical (unpaired) electrons. The Morgan fingerprint density at radius 2 is 2.11 bits per heavy atom. The standard InChI is InChI=1S/C13H14ClN3O/c1-18-10-4-2-9(3-5-10)13-16-12(14)11-8-15-6-7-17(11)13/h2-5,15H,6-8H2,1H3. The summed E-state index contributed by atoms with van der Waals surface area (Å²) in [4.78, 5) is 4.47. The van der Waals surface area contributed by atoms with E-state index in [1.54, 1.807) is 7.11 Å². The van der Waals surface area contributed by atoms with Crippen LogP contribution >= 0.6 is 11.6 Å². The topological polar surface area (TPSA) is 39.1 Å². The van der Waals surface area contributed by atoms with Crippen molar-refractivity contribution in [3.63, 3.8) is 0 Å². The zero-order valence-electron chi connectivity index (χ0n) is 10.1. The largest absolute Gasteiger partial charge is 0.497 e. The second-order valence-electron chi connectivity index (χ2n) is 4.23. The number of imidazole rings is 1. The van der Waals surface area contributed by atoms with Crippen molar-refractivity contribution in [1.29, 1.82) is 0 Å². The van der Waals surface area contributed by atoms with Crippen molar-refractivity contribution in [2.45, 2.75) is 13.1 Å². The highest BCUT2D eigenvalue weighted by Gasteiger charge is 2.19. The van der Waals surface area contributed by atoms with Crippen LogP contribution in [0.2, 0.25) is 5.15 Å². The Labute approximate surface area is 111 Å². The van der Waals surface area contributed by atoms with E-state index >= 15 is 0 Å². The fourth-order valence-electron chi connectivity index (χ4n) is 2.22. The number of hydrogen-bond acceptors (Lipinski definition) is 3. The third-order valence-corrected chi connectivity index (χ3v) is 3.48. The Hall–Kier alpha value is -1.52. The Morgan fingerprint density at radius 3 is 2.83 bits per heavy atom. The van der Waals surface area contributed by atoms with Crippen molar-refractivity contribution >= 4 is 11.6 Å². The summed E-state index contributed by atoms with van der Waals surface area (Å²) >= 11 is 6.17. The van der Waals surface area contributed by atoms with Crippen LogP contribution in [0.1, 0.15) is 5.69 Å². The number of aromatic nitrogens is 2. The van der Waals surface area contributed by atoms with Crippen LogP contribution in [0.25, 0.3) is 11.4 Å². The average molecular weight is 264 g/mol. The Kier molecular flexibility index (Phi) is 2.97. The molecule has 0 saturated heterocycles. The van der Waals surface area contributed by atoms with E-state index < -0.39 is 0 Å². The van der Waals surface area contributed by atoms with Crippen molar-refractivity contribution in [3.8, 4) is 17.1 Å². The van der Waals surface area contributed by atoms with Gasteiger partial charge in [-0.1, -0.05) is 11.6 Å². The van der Waals surface area contributed by atoms with Gasteiger partial charge in [-0.3, -0.25) is 0 Å². The van der Waals surface area contributed by atoms with Crippen LogP contribution in [0.5, 0.6) is 5.75 Å². The Balaban J connectivity index is 2.05. The molecule has 0 aliphatic carbocycles. The maximum Gasteiger partial charge on any atom is 0.152 e. The maximum absolute atomic E-state index is 6.17. The SMILES string of the molecule is COc1ccc(-c2nc(Cl)c3n2CCNC3)cc1. The number of nitrogens with zero attached hydrogens (tertiary/aromatic N) is 2. The summed E-state index contributed by atoms with van der Waals surface area (Å²) in [6.07, 6.45) is 0. The van der Waals surface area contributed by atoms with Gasteiger partial charge in [-0.25, -0.2) is 4.98 Å². The van der Waals surface area contributed by atoms with Gasteiger partial charge in [0, 0.05) is 25.2 Å². The van der Waals surface area contributed by atoms with Crippen LogP contribution in [-0.2, 0) is 13.1 Å². The molecule has 5 heteroatoms. The van der Waals surface area contributed by atoms with E-state index in [4.69, 9.17) is 16.3 Å². The van der Waals surface area contributed by atoms with Gasteiger partial charge >= 0.3 is 0 Å². The second-order valence-corrected chi connectivity index (χ2v) is 4.59. The van der Waals surface area contributed by atoms with Crippen molar-refractivity contribution < 1.29 is 4.74 Å². The fraction of sp³-hybridized carbons (Fsp3) is 0.308. The molecule has 0 fully saturated rings. The highest BCUT2D eigenvalue weighted by atomic mass is 35.5. The zero-order valence-corrected chi connectivity index (χ0v) is 10.9. The molecule has 1 aromatic heterocycles. The first kappa shape index (κ1) is 11.6. The highest BCUT2D eigenvalue weighted by Crippen LogP contribution is 2.28. The van der Waals surface area contributed by atoms with E-state index in [-0.39, 0.29) is 0 Å². The number of rotatable bonds is 2. The Morgan fingerprint density at radius 1 is 1.33 bits per heavy atom. The summed E-state index contributed by atoms with van der Waals surface area (Å²) in [5.41, 5.74) is 2.12. The van der Waals surface area contributed by atoms with Gasteiger partial charge in [0.25, 0.3) is 0 Å². The molecule has 94 valence electrons. The van der Waals surface area contributed by atoms with Crippen LogP contribution < -0.4 is 10.1 Å². The minimum atomic E-state index is 0.591. The van der Waals surface area contributed by atoms with Crippen molar-refractivity contribution in [1.82, 2.24) is 14.9 Å². The Bertz CT molecular complexity index is 562. The molecule has 2 aromatic rings. The molecule has 0 atom stereocenters. The number of methoxy groups -OCH3 is 1. The number of halogens is 1. The van der Waals surface area contributed by atoms with E-state index in [0.717, 1.165) is 42.5 Å². The summed E-state index contributed by atoms with van der Waals surface area (Å²) in [6.45, 7) is 2.63. The van der Waals surface area contributed by atoms with Gasteiger partial charge in [-0.05, 0) is 24.3 Å². The van der Waals surface area contributed by atoms with Gasteiger partial charge in [-0.15, -0.1) is 0 Å². The van der Waals surface area contributed by atoms with Crippen molar-refractivity contribution in [2.24, 2.45) is 0 Å². The van der Waals surface area contributed by atoms with Gasteiger partial charge in [-0.2, -0.15) is 0 Å². The van der Waals surface area contributed by atoms with Crippen LogP contribution in [0, 0.1) is 0 Å². The first-order valence-corrected chi connectivity index (χ1v) is 6.27.